The molecular weight excluding hydrogens is 486 g/mol. The van der Waals surface area contributed by atoms with E-state index in [9.17, 15) is 0 Å². The zero-order valence-corrected chi connectivity index (χ0v) is 22.2. The van der Waals surface area contributed by atoms with Gasteiger partial charge in [0.05, 0.1) is 12.5 Å². The zero-order chi connectivity index (χ0) is 26.7. The summed E-state index contributed by atoms with van der Waals surface area (Å²) in [6.07, 6.45) is 0. The molecule has 2 nitrogen and oxygen atoms in total. The fourth-order valence-corrected chi connectivity index (χ4v) is 6.97. The van der Waals surface area contributed by atoms with Crippen molar-refractivity contribution in [2.45, 2.75) is 5.41 Å². The number of hydrogen-bond acceptors (Lipinski definition) is 2. The van der Waals surface area contributed by atoms with E-state index < -0.39 is 5.41 Å². The molecule has 0 amide bonds. The van der Waals surface area contributed by atoms with Crippen molar-refractivity contribution in [3.8, 4) is 28.0 Å². The van der Waals surface area contributed by atoms with E-state index in [0.29, 0.717) is 0 Å². The molecular formula is C38H27NO. The molecule has 0 saturated carbocycles. The average molecular weight is 514 g/mol. The Hall–Kier alpha value is -5.08. The third-order valence-electron chi connectivity index (χ3n) is 8.57. The molecule has 0 bridgehead atoms. The molecule has 0 fully saturated rings. The van der Waals surface area contributed by atoms with Gasteiger partial charge in [-0.25, -0.2) is 0 Å². The first kappa shape index (κ1) is 22.9. The second kappa shape index (κ2) is 8.72. The molecule has 0 saturated heterocycles. The number of hydrogen-bond donors (Lipinski definition) is 0. The van der Waals surface area contributed by atoms with Gasteiger partial charge in [-0.2, -0.15) is 0 Å². The van der Waals surface area contributed by atoms with Crippen molar-refractivity contribution in [3.05, 3.63) is 168 Å². The summed E-state index contributed by atoms with van der Waals surface area (Å²) in [5, 5.41) is 0. The standard InChI is InChI=1S/C38H27NO/c1-40-29-21-23-33-32-22-20-28(39(26-12-4-2-5-13-26)27-14-6-3-7-15-27)24-36(32)38(37(33)25-29)34-18-10-8-16-30(34)31-17-9-11-19-35(31)38/h2-25H,1H3. The van der Waals surface area contributed by atoms with Crippen LogP contribution in [-0.4, -0.2) is 7.11 Å². The van der Waals surface area contributed by atoms with Crippen LogP contribution in [0.2, 0.25) is 0 Å². The van der Waals surface area contributed by atoms with E-state index in [1.807, 2.05) is 0 Å². The Morgan fingerprint density at radius 2 is 0.900 bits per heavy atom. The van der Waals surface area contributed by atoms with Gasteiger partial charge in [0, 0.05) is 17.1 Å². The lowest BCUT2D eigenvalue weighted by Gasteiger charge is -2.32. The average Bonchev–Trinajstić information content (AvgIpc) is 3.49. The van der Waals surface area contributed by atoms with E-state index in [4.69, 9.17) is 4.74 Å². The molecule has 1 spiro atoms. The summed E-state index contributed by atoms with van der Waals surface area (Å²) in [6.45, 7) is 0. The topological polar surface area (TPSA) is 12.5 Å². The molecule has 0 atom stereocenters. The van der Waals surface area contributed by atoms with E-state index in [0.717, 1.165) is 22.8 Å². The highest BCUT2D eigenvalue weighted by molar-refractivity contribution is 5.96. The molecule has 190 valence electrons. The molecule has 0 aliphatic heterocycles. The Morgan fingerprint density at radius 1 is 0.425 bits per heavy atom. The van der Waals surface area contributed by atoms with Crippen molar-refractivity contribution in [2.75, 3.05) is 12.0 Å². The number of rotatable bonds is 4. The Kier molecular flexibility index (Phi) is 4.99. The predicted molar refractivity (Wildman–Crippen MR) is 164 cm³/mol. The minimum absolute atomic E-state index is 0.429. The fourth-order valence-electron chi connectivity index (χ4n) is 6.97. The van der Waals surface area contributed by atoms with Crippen LogP contribution in [-0.2, 0) is 5.41 Å². The maximum Gasteiger partial charge on any atom is 0.119 e. The zero-order valence-electron chi connectivity index (χ0n) is 22.2. The van der Waals surface area contributed by atoms with Gasteiger partial charge in [-0.15, -0.1) is 0 Å². The van der Waals surface area contributed by atoms with Gasteiger partial charge in [-0.05, 0) is 93.0 Å². The van der Waals surface area contributed by atoms with Gasteiger partial charge < -0.3 is 9.64 Å². The smallest absolute Gasteiger partial charge is 0.119 e. The van der Waals surface area contributed by atoms with Gasteiger partial charge in [-0.1, -0.05) is 97.1 Å². The molecule has 2 aliphatic carbocycles. The molecule has 0 aromatic heterocycles. The summed E-state index contributed by atoms with van der Waals surface area (Å²) in [6, 6.07) is 52.6. The van der Waals surface area contributed by atoms with Gasteiger partial charge in [0.2, 0.25) is 0 Å². The predicted octanol–water partition coefficient (Wildman–Crippen LogP) is 9.51. The maximum absolute atomic E-state index is 5.79. The molecule has 6 aromatic rings. The number of benzene rings is 6. The van der Waals surface area contributed by atoms with Crippen LogP contribution in [0.3, 0.4) is 0 Å². The third kappa shape index (κ3) is 3.05. The maximum atomic E-state index is 5.79. The summed E-state index contributed by atoms with van der Waals surface area (Å²) in [5.41, 5.74) is 13.3. The molecule has 0 N–H and O–H groups in total. The number of methoxy groups -OCH3 is 1. The highest BCUT2D eigenvalue weighted by atomic mass is 16.5. The monoisotopic (exact) mass is 513 g/mol. The molecule has 2 heteroatoms. The van der Waals surface area contributed by atoms with Gasteiger partial charge >= 0.3 is 0 Å². The number of anilines is 3. The van der Waals surface area contributed by atoms with Crippen molar-refractivity contribution in [1.82, 2.24) is 0 Å². The SMILES string of the molecule is COc1ccc2c(c1)C1(c3ccccc3-c3ccccc31)c1cc(N(c3ccccc3)c3ccccc3)ccc1-2. The van der Waals surface area contributed by atoms with Crippen LogP contribution < -0.4 is 9.64 Å². The first-order valence-electron chi connectivity index (χ1n) is 13.7. The number of para-hydroxylation sites is 2. The number of ether oxygens (including phenoxy) is 1. The van der Waals surface area contributed by atoms with Crippen LogP contribution in [0.15, 0.2) is 146 Å². The summed E-state index contributed by atoms with van der Waals surface area (Å²) >= 11 is 0. The lowest BCUT2D eigenvalue weighted by atomic mass is 9.70. The lowest BCUT2D eigenvalue weighted by Crippen LogP contribution is -2.26. The van der Waals surface area contributed by atoms with Crippen molar-refractivity contribution in [2.24, 2.45) is 0 Å². The molecule has 0 heterocycles. The Balaban J connectivity index is 1.46. The summed E-state index contributed by atoms with van der Waals surface area (Å²) < 4.78 is 5.79. The van der Waals surface area contributed by atoms with Gasteiger partial charge in [0.15, 0.2) is 0 Å². The lowest BCUT2D eigenvalue weighted by molar-refractivity contribution is 0.414. The Morgan fingerprint density at radius 3 is 1.48 bits per heavy atom. The van der Waals surface area contributed by atoms with Crippen LogP contribution in [0.5, 0.6) is 5.75 Å². The highest BCUT2D eigenvalue weighted by Gasteiger charge is 2.51. The van der Waals surface area contributed by atoms with E-state index >= 15 is 0 Å². The second-order valence-corrected chi connectivity index (χ2v) is 10.5. The normalized spacial score (nSPS) is 13.3. The highest BCUT2D eigenvalue weighted by Crippen LogP contribution is 2.63. The van der Waals surface area contributed by atoms with Crippen molar-refractivity contribution in [3.63, 3.8) is 0 Å². The van der Waals surface area contributed by atoms with E-state index in [-0.39, 0.29) is 0 Å². The second-order valence-electron chi connectivity index (χ2n) is 10.5. The quantitative estimate of drug-likeness (QED) is 0.232. The number of nitrogens with zero attached hydrogens (tertiary/aromatic N) is 1. The summed E-state index contributed by atoms with van der Waals surface area (Å²) in [7, 11) is 1.75. The summed E-state index contributed by atoms with van der Waals surface area (Å²) in [4.78, 5) is 2.35. The minimum Gasteiger partial charge on any atom is -0.497 e. The minimum atomic E-state index is -0.429. The Labute approximate surface area is 234 Å². The Bertz CT molecular complexity index is 1810. The van der Waals surface area contributed by atoms with E-state index in [1.54, 1.807) is 7.11 Å². The molecule has 0 unspecified atom stereocenters. The van der Waals surface area contributed by atoms with Crippen molar-refractivity contribution >= 4 is 17.1 Å². The van der Waals surface area contributed by atoms with Gasteiger partial charge in [0.25, 0.3) is 0 Å². The molecule has 40 heavy (non-hydrogen) atoms. The van der Waals surface area contributed by atoms with Crippen LogP contribution in [0.1, 0.15) is 22.3 Å². The van der Waals surface area contributed by atoms with Crippen molar-refractivity contribution < 1.29 is 4.74 Å². The van der Waals surface area contributed by atoms with E-state index in [1.165, 1.54) is 44.5 Å². The molecule has 8 rings (SSSR count). The third-order valence-corrected chi connectivity index (χ3v) is 8.57. The first-order chi connectivity index (χ1) is 19.8. The van der Waals surface area contributed by atoms with Crippen LogP contribution >= 0.6 is 0 Å². The summed E-state index contributed by atoms with van der Waals surface area (Å²) in [5.74, 6) is 0.878. The number of fused-ring (bicyclic) bond motifs is 10. The van der Waals surface area contributed by atoms with E-state index in [2.05, 4.69) is 150 Å². The molecule has 0 radical (unpaired) electrons. The van der Waals surface area contributed by atoms with Crippen LogP contribution in [0, 0.1) is 0 Å². The van der Waals surface area contributed by atoms with Crippen LogP contribution in [0.4, 0.5) is 17.1 Å². The fraction of sp³-hybridized carbons (Fsp3) is 0.0526. The van der Waals surface area contributed by atoms with Crippen molar-refractivity contribution in [1.29, 1.82) is 0 Å². The van der Waals surface area contributed by atoms with Crippen LogP contribution in [0.25, 0.3) is 22.3 Å². The molecule has 6 aromatic carbocycles. The first-order valence-corrected chi connectivity index (χ1v) is 13.7. The largest absolute Gasteiger partial charge is 0.497 e. The van der Waals surface area contributed by atoms with Gasteiger partial charge in [-0.3, -0.25) is 0 Å². The van der Waals surface area contributed by atoms with Gasteiger partial charge in [0.1, 0.15) is 5.75 Å². The molecule has 2 aliphatic rings.